The van der Waals surface area contributed by atoms with Gasteiger partial charge in [-0.25, -0.2) is 0 Å². The molecule has 4 rings (SSSR count). The molecule has 0 radical (unpaired) electrons. The fourth-order valence-corrected chi connectivity index (χ4v) is 4.59. The van der Waals surface area contributed by atoms with E-state index in [9.17, 15) is 24.3 Å². The molecular formula is C28H30O10. The van der Waals surface area contributed by atoms with Crippen molar-refractivity contribution in [3.05, 3.63) is 41.0 Å². The highest BCUT2D eigenvalue weighted by Gasteiger charge is 2.51. The molecule has 202 valence electrons. The molecule has 10 heteroatoms. The first-order valence-electron chi connectivity index (χ1n) is 12.7. The fourth-order valence-electron chi connectivity index (χ4n) is 4.59. The lowest BCUT2D eigenvalue weighted by Crippen LogP contribution is -2.44. The Morgan fingerprint density at radius 2 is 1.32 bits per heavy atom. The summed E-state index contributed by atoms with van der Waals surface area (Å²) in [6.07, 6.45) is 0.581. The lowest BCUT2D eigenvalue weighted by molar-refractivity contribution is -0.137. The highest BCUT2D eigenvalue weighted by atomic mass is 16.6. The van der Waals surface area contributed by atoms with Crippen LogP contribution in [0.15, 0.2) is 24.3 Å². The van der Waals surface area contributed by atoms with Crippen LogP contribution in [0.5, 0.6) is 28.7 Å². The Kier molecular flexibility index (Phi) is 7.73. The summed E-state index contributed by atoms with van der Waals surface area (Å²) in [6.45, 7) is 6.40. The molecule has 1 aliphatic heterocycles. The molecule has 0 aromatic heterocycles. The molecule has 2 aromatic rings. The second-order valence-corrected chi connectivity index (χ2v) is 9.12. The van der Waals surface area contributed by atoms with Gasteiger partial charge in [0.15, 0.2) is 23.0 Å². The number of carbonyl (C=O) groups is 4. The number of hydrogen-bond acceptors (Lipinski definition) is 10. The first-order chi connectivity index (χ1) is 18.1. The molecule has 2 aromatic carbocycles. The van der Waals surface area contributed by atoms with Gasteiger partial charge in [-0.05, 0) is 29.3 Å². The summed E-state index contributed by atoms with van der Waals surface area (Å²) in [6, 6.07) is 6.31. The highest BCUT2D eigenvalue weighted by molar-refractivity contribution is 5.79. The molecule has 1 N–H and O–H groups in total. The SMILES string of the molecule is CCC(=O)Oc1cc2c(cc1OC(=O)CC)[C@@H]1c3ccc(OC(=O)CC)c(OC(=O)CC)c3OC[C@]1(O)C2. The summed E-state index contributed by atoms with van der Waals surface area (Å²) >= 11 is 0. The van der Waals surface area contributed by atoms with Crippen LogP contribution in [0.1, 0.15) is 76.0 Å². The Labute approximate surface area is 219 Å². The fraction of sp³-hybridized carbons (Fsp3) is 0.429. The molecule has 1 heterocycles. The molecule has 38 heavy (non-hydrogen) atoms. The number of esters is 4. The second-order valence-electron chi connectivity index (χ2n) is 9.12. The van der Waals surface area contributed by atoms with Gasteiger partial charge in [0.25, 0.3) is 0 Å². The van der Waals surface area contributed by atoms with Gasteiger partial charge in [-0.3, -0.25) is 19.2 Å². The van der Waals surface area contributed by atoms with Crippen LogP contribution in [0.25, 0.3) is 0 Å². The second kappa shape index (κ2) is 10.8. The minimum atomic E-state index is -1.39. The number of rotatable bonds is 8. The standard InChI is InChI=1S/C28H30O10/c1-5-21(29)35-18-10-9-16-25-17-12-20(37-23(31)7-3)19(36-22(30)6-2)11-15(17)13-28(25,33)14-34-26(16)27(18)38-24(32)8-4/h9-12,25,33H,5-8,13-14H2,1-4H3/t25-,28+/m0/s1. The number of hydrogen-bond donors (Lipinski definition) is 1. The van der Waals surface area contributed by atoms with E-state index in [0.717, 1.165) is 0 Å². The van der Waals surface area contributed by atoms with Crippen LogP contribution in [0, 0.1) is 0 Å². The molecule has 0 spiro atoms. The van der Waals surface area contributed by atoms with E-state index < -0.39 is 35.4 Å². The van der Waals surface area contributed by atoms with E-state index in [-0.39, 0.29) is 67.5 Å². The monoisotopic (exact) mass is 526 g/mol. The maximum atomic E-state index is 12.2. The molecule has 0 saturated carbocycles. The van der Waals surface area contributed by atoms with Crippen molar-refractivity contribution >= 4 is 23.9 Å². The predicted octanol–water partition coefficient (Wildman–Crippen LogP) is 3.76. The first-order valence-corrected chi connectivity index (χ1v) is 12.7. The lowest BCUT2D eigenvalue weighted by Gasteiger charge is -2.37. The number of carbonyl (C=O) groups excluding carboxylic acids is 4. The Bertz CT molecular complexity index is 1300. The molecule has 0 bridgehead atoms. The van der Waals surface area contributed by atoms with E-state index in [1.807, 2.05) is 0 Å². The zero-order valence-corrected chi connectivity index (χ0v) is 21.8. The van der Waals surface area contributed by atoms with Gasteiger partial charge in [0.2, 0.25) is 5.75 Å². The van der Waals surface area contributed by atoms with Crippen LogP contribution >= 0.6 is 0 Å². The minimum Gasteiger partial charge on any atom is -0.486 e. The quantitative estimate of drug-likeness (QED) is 0.400. The normalized spacial score (nSPS) is 18.8. The Balaban J connectivity index is 1.86. The van der Waals surface area contributed by atoms with Crippen LogP contribution in [0.2, 0.25) is 0 Å². The van der Waals surface area contributed by atoms with Crippen molar-refractivity contribution in [3.8, 4) is 28.7 Å². The van der Waals surface area contributed by atoms with E-state index in [2.05, 4.69) is 0 Å². The number of benzene rings is 2. The third kappa shape index (κ3) is 5.08. The maximum absolute atomic E-state index is 12.2. The molecule has 0 fully saturated rings. The van der Waals surface area contributed by atoms with E-state index in [1.54, 1.807) is 45.9 Å². The van der Waals surface area contributed by atoms with Crippen molar-refractivity contribution in [3.63, 3.8) is 0 Å². The average molecular weight is 527 g/mol. The zero-order valence-electron chi connectivity index (χ0n) is 21.8. The minimum absolute atomic E-state index is 0.0282. The Hall–Kier alpha value is -3.92. The van der Waals surface area contributed by atoms with Gasteiger partial charge in [-0.15, -0.1) is 0 Å². The van der Waals surface area contributed by atoms with E-state index >= 15 is 0 Å². The number of ether oxygens (including phenoxy) is 5. The number of fused-ring (bicyclic) bond motifs is 5. The molecule has 10 nitrogen and oxygen atoms in total. The molecular weight excluding hydrogens is 496 g/mol. The maximum Gasteiger partial charge on any atom is 0.311 e. The van der Waals surface area contributed by atoms with Crippen molar-refractivity contribution in [1.82, 2.24) is 0 Å². The average Bonchev–Trinajstić information content (AvgIpc) is 3.20. The molecule has 2 atom stereocenters. The van der Waals surface area contributed by atoms with Gasteiger partial charge in [-0.2, -0.15) is 0 Å². The molecule has 2 aliphatic rings. The van der Waals surface area contributed by atoms with Crippen LogP contribution < -0.4 is 23.7 Å². The molecule has 0 amide bonds. The first kappa shape index (κ1) is 27.1. The summed E-state index contributed by atoms with van der Waals surface area (Å²) in [7, 11) is 0. The molecule has 0 saturated heterocycles. The highest BCUT2D eigenvalue weighted by Crippen LogP contribution is 2.56. The van der Waals surface area contributed by atoms with E-state index in [0.29, 0.717) is 16.7 Å². The van der Waals surface area contributed by atoms with E-state index in [1.165, 1.54) is 6.07 Å². The number of aliphatic hydroxyl groups is 1. The zero-order chi connectivity index (χ0) is 27.6. The molecule has 1 aliphatic carbocycles. The van der Waals surface area contributed by atoms with Gasteiger partial charge in [-0.1, -0.05) is 33.8 Å². The molecule has 0 unspecified atom stereocenters. The van der Waals surface area contributed by atoms with Crippen molar-refractivity contribution < 1.29 is 48.0 Å². The van der Waals surface area contributed by atoms with Gasteiger partial charge in [0.1, 0.15) is 12.2 Å². The van der Waals surface area contributed by atoms with Crippen molar-refractivity contribution in [2.24, 2.45) is 0 Å². The lowest BCUT2D eigenvalue weighted by atomic mass is 9.80. The van der Waals surface area contributed by atoms with Crippen molar-refractivity contribution in [2.75, 3.05) is 6.61 Å². The van der Waals surface area contributed by atoms with Crippen molar-refractivity contribution in [2.45, 2.75) is 71.3 Å². The van der Waals surface area contributed by atoms with Crippen molar-refractivity contribution in [1.29, 1.82) is 0 Å². The Morgan fingerprint density at radius 1 is 0.789 bits per heavy atom. The summed E-state index contributed by atoms with van der Waals surface area (Å²) in [5, 5.41) is 11.7. The van der Waals surface area contributed by atoms with Gasteiger partial charge >= 0.3 is 23.9 Å². The van der Waals surface area contributed by atoms with Crippen LogP contribution in [-0.2, 0) is 25.6 Å². The largest absolute Gasteiger partial charge is 0.486 e. The third-order valence-electron chi connectivity index (χ3n) is 6.48. The summed E-state index contributed by atoms with van der Waals surface area (Å²) in [5.41, 5.74) is 0.428. The van der Waals surface area contributed by atoms with E-state index in [4.69, 9.17) is 23.7 Å². The summed E-state index contributed by atoms with van der Waals surface area (Å²) in [5.74, 6) is -2.46. The smallest absolute Gasteiger partial charge is 0.311 e. The Morgan fingerprint density at radius 3 is 1.89 bits per heavy atom. The predicted molar refractivity (Wildman–Crippen MR) is 133 cm³/mol. The van der Waals surface area contributed by atoms with Crippen LogP contribution in [-0.4, -0.2) is 41.2 Å². The third-order valence-corrected chi connectivity index (χ3v) is 6.48. The summed E-state index contributed by atoms with van der Waals surface area (Å²) in [4.78, 5) is 48.4. The van der Waals surface area contributed by atoms with Crippen LogP contribution in [0.4, 0.5) is 0 Å². The van der Waals surface area contributed by atoms with Gasteiger partial charge < -0.3 is 28.8 Å². The topological polar surface area (TPSA) is 135 Å². The van der Waals surface area contributed by atoms with Gasteiger partial charge in [0, 0.05) is 43.6 Å². The van der Waals surface area contributed by atoms with Crippen LogP contribution in [0.3, 0.4) is 0 Å². The van der Waals surface area contributed by atoms with Gasteiger partial charge in [0.05, 0.1) is 0 Å². The summed E-state index contributed by atoms with van der Waals surface area (Å²) < 4.78 is 27.8.